The number of nitrogens with one attached hydrogen (secondary N) is 1. The smallest absolute Gasteiger partial charge is 0.0308 e. The normalized spacial score (nSPS) is 12.5. The van der Waals surface area contributed by atoms with Crippen molar-refractivity contribution in [2.75, 3.05) is 5.75 Å². The molecule has 0 aliphatic carbocycles. The minimum Gasteiger partial charge on any atom is -0.271 e. The Morgan fingerprint density at radius 1 is 1.26 bits per heavy atom. The Kier molecular flexibility index (Phi) is 6.40. The number of thiophene rings is 1. The predicted octanol–water partition coefficient (Wildman–Crippen LogP) is 4.07. The first-order chi connectivity index (χ1) is 9.28. The molecule has 1 atom stereocenters. The van der Waals surface area contributed by atoms with Gasteiger partial charge in [-0.05, 0) is 48.6 Å². The van der Waals surface area contributed by atoms with Gasteiger partial charge in [-0.3, -0.25) is 11.3 Å². The fourth-order valence-corrected chi connectivity index (χ4v) is 3.69. The maximum Gasteiger partial charge on any atom is 0.0308 e. The first-order valence-electron chi connectivity index (χ1n) is 6.15. The van der Waals surface area contributed by atoms with Gasteiger partial charge in [0.25, 0.3) is 0 Å². The first kappa shape index (κ1) is 15.1. The van der Waals surface area contributed by atoms with Crippen LogP contribution in [0.15, 0.2) is 51.1 Å². The maximum absolute atomic E-state index is 5.63. The lowest BCUT2D eigenvalue weighted by Gasteiger charge is -2.14. The zero-order chi connectivity index (χ0) is 13.5. The molecule has 0 saturated carbocycles. The molecule has 1 heterocycles. The van der Waals surface area contributed by atoms with Gasteiger partial charge in [0.05, 0.1) is 0 Å². The second kappa shape index (κ2) is 8.07. The standard InChI is InChI=1S/C14H17BrN2S2/c15-11-3-6-14(7-4-11)19-10-12(17-16)5-8-13-2-1-9-18-13/h1-4,6-7,9,12,17H,5,8,10,16H2. The van der Waals surface area contributed by atoms with Crippen LogP contribution in [0, 0.1) is 0 Å². The molecular weight excluding hydrogens is 340 g/mol. The number of hydrogen-bond acceptors (Lipinski definition) is 4. The Morgan fingerprint density at radius 2 is 2.05 bits per heavy atom. The molecule has 1 aromatic heterocycles. The van der Waals surface area contributed by atoms with Crippen molar-refractivity contribution in [1.29, 1.82) is 0 Å². The molecule has 0 fully saturated rings. The highest BCUT2D eigenvalue weighted by Crippen LogP contribution is 2.22. The highest BCUT2D eigenvalue weighted by Gasteiger charge is 2.08. The van der Waals surface area contributed by atoms with Gasteiger partial charge in [0.15, 0.2) is 0 Å². The SMILES string of the molecule is NNC(CCc1cccs1)CSc1ccc(Br)cc1. The largest absolute Gasteiger partial charge is 0.271 e. The topological polar surface area (TPSA) is 38.0 Å². The number of nitrogens with two attached hydrogens (primary N) is 1. The molecular formula is C14H17BrN2S2. The molecule has 0 spiro atoms. The molecule has 0 radical (unpaired) electrons. The zero-order valence-electron chi connectivity index (χ0n) is 10.5. The molecule has 1 unspecified atom stereocenters. The van der Waals surface area contributed by atoms with E-state index in [1.165, 1.54) is 9.77 Å². The molecule has 0 aliphatic heterocycles. The summed E-state index contributed by atoms with van der Waals surface area (Å²) < 4.78 is 1.11. The Balaban J connectivity index is 1.77. The summed E-state index contributed by atoms with van der Waals surface area (Å²) in [4.78, 5) is 2.70. The van der Waals surface area contributed by atoms with Gasteiger partial charge in [-0.15, -0.1) is 23.1 Å². The van der Waals surface area contributed by atoms with Gasteiger partial charge in [0.2, 0.25) is 0 Å². The van der Waals surface area contributed by atoms with Crippen LogP contribution >= 0.6 is 39.0 Å². The molecule has 2 aromatic rings. The van der Waals surface area contributed by atoms with Gasteiger partial charge in [-0.2, -0.15) is 0 Å². The molecule has 3 N–H and O–H groups in total. The van der Waals surface area contributed by atoms with Crippen molar-refractivity contribution in [1.82, 2.24) is 5.43 Å². The molecule has 1 aromatic carbocycles. The number of rotatable bonds is 7. The van der Waals surface area contributed by atoms with E-state index in [-0.39, 0.29) is 0 Å². The third-order valence-corrected chi connectivity index (χ3v) is 5.46. The summed E-state index contributed by atoms with van der Waals surface area (Å²) in [6.45, 7) is 0. The number of hydrogen-bond donors (Lipinski definition) is 2. The quantitative estimate of drug-likeness (QED) is 0.446. The fraction of sp³-hybridized carbons (Fsp3) is 0.286. The number of aryl methyl sites for hydroxylation is 1. The average Bonchev–Trinajstić information content (AvgIpc) is 2.94. The van der Waals surface area contributed by atoms with Crippen LogP contribution in [-0.4, -0.2) is 11.8 Å². The van der Waals surface area contributed by atoms with Crippen molar-refractivity contribution in [3.05, 3.63) is 51.1 Å². The van der Waals surface area contributed by atoms with Gasteiger partial charge in [-0.1, -0.05) is 22.0 Å². The summed E-state index contributed by atoms with van der Waals surface area (Å²) in [6, 6.07) is 13.0. The van der Waals surface area contributed by atoms with Crippen LogP contribution in [0.2, 0.25) is 0 Å². The Labute approximate surface area is 130 Å². The van der Waals surface area contributed by atoms with E-state index >= 15 is 0 Å². The summed E-state index contributed by atoms with van der Waals surface area (Å²) in [7, 11) is 0. The molecule has 0 aliphatic rings. The van der Waals surface area contributed by atoms with Crippen molar-refractivity contribution in [3.8, 4) is 0 Å². The van der Waals surface area contributed by atoms with Crippen LogP contribution in [0.5, 0.6) is 0 Å². The summed E-state index contributed by atoms with van der Waals surface area (Å²) in [5.74, 6) is 6.62. The van der Waals surface area contributed by atoms with Gasteiger partial charge in [0, 0.05) is 26.0 Å². The van der Waals surface area contributed by atoms with E-state index in [0.29, 0.717) is 6.04 Å². The zero-order valence-corrected chi connectivity index (χ0v) is 13.7. The fourth-order valence-electron chi connectivity index (χ4n) is 1.71. The van der Waals surface area contributed by atoms with Gasteiger partial charge < -0.3 is 0 Å². The molecule has 19 heavy (non-hydrogen) atoms. The van der Waals surface area contributed by atoms with E-state index in [0.717, 1.165) is 23.1 Å². The van der Waals surface area contributed by atoms with Crippen molar-refractivity contribution in [2.24, 2.45) is 5.84 Å². The minimum atomic E-state index is 0.343. The molecule has 0 amide bonds. The lowest BCUT2D eigenvalue weighted by Crippen LogP contribution is -2.37. The van der Waals surface area contributed by atoms with Gasteiger partial charge in [-0.25, -0.2) is 0 Å². The predicted molar refractivity (Wildman–Crippen MR) is 88.6 cm³/mol. The van der Waals surface area contributed by atoms with Crippen LogP contribution in [-0.2, 0) is 6.42 Å². The Hall–Kier alpha value is -0.330. The van der Waals surface area contributed by atoms with Crippen LogP contribution in [0.25, 0.3) is 0 Å². The highest BCUT2D eigenvalue weighted by atomic mass is 79.9. The van der Waals surface area contributed by atoms with Crippen molar-refractivity contribution < 1.29 is 0 Å². The minimum absolute atomic E-state index is 0.343. The van der Waals surface area contributed by atoms with E-state index in [4.69, 9.17) is 5.84 Å². The monoisotopic (exact) mass is 356 g/mol. The second-order valence-corrected chi connectivity index (χ2v) is 7.29. The third kappa shape index (κ3) is 5.28. The van der Waals surface area contributed by atoms with Crippen LogP contribution in [0.3, 0.4) is 0 Å². The lowest BCUT2D eigenvalue weighted by atomic mass is 10.2. The Bertz CT molecular complexity index is 471. The Morgan fingerprint density at radius 3 is 2.68 bits per heavy atom. The number of halogens is 1. The number of benzene rings is 1. The van der Waals surface area contributed by atoms with Crippen LogP contribution in [0.1, 0.15) is 11.3 Å². The molecule has 102 valence electrons. The molecule has 5 heteroatoms. The van der Waals surface area contributed by atoms with E-state index in [2.05, 4.69) is 63.1 Å². The van der Waals surface area contributed by atoms with Crippen LogP contribution < -0.4 is 11.3 Å². The maximum atomic E-state index is 5.63. The molecule has 2 rings (SSSR count). The molecule has 2 nitrogen and oxygen atoms in total. The van der Waals surface area contributed by atoms with Gasteiger partial charge in [0.1, 0.15) is 0 Å². The first-order valence-corrected chi connectivity index (χ1v) is 8.80. The van der Waals surface area contributed by atoms with Crippen molar-refractivity contribution >= 4 is 39.0 Å². The third-order valence-electron chi connectivity index (χ3n) is 2.82. The highest BCUT2D eigenvalue weighted by molar-refractivity contribution is 9.10. The summed E-state index contributed by atoms with van der Waals surface area (Å²) in [5.41, 5.74) is 2.92. The van der Waals surface area contributed by atoms with Crippen molar-refractivity contribution in [3.63, 3.8) is 0 Å². The number of thioether (sulfide) groups is 1. The van der Waals surface area contributed by atoms with E-state index in [1.807, 2.05) is 23.1 Å². The van der Waals surface area contributed by atoms with Crippen LogP contribution in [0.4, 0.5) is 0 Å². The van der Waals surface area contributed by atoms with Gasteiger partial charge >= 0.3 is 0 Å². The average molecular weight is 357 g/mol. The van der Waals surface area contributed by atoms with E-state index in [1.54, 1.807) is 0 Å². The van der Waals surface area contributed by atoms with Crippen molar-refractivity contribution in [2.45, 2.75) is 23.8 Å². The summed E-state index contributed by atoms with van der Waals surface area (Å²) in [6.07, 6.45) is 2.16. The second-order valence-electron chi connectivity index (χ2n) is 4.25. The van der Waals surface area contributed by atoms with E-state index < -0.39 is 0 Å². The molecule has 0 bridgehead atoms. The molecule has 0 saturated heterocycles. The van der Waals surface area contributed by atoms with E-state index in [9.17, 15) is 0 Å². The lowest BCUT2D eigenvalue weighted by molar-refractivity contribution is 0.541. The summed E-state index contributed by atoms with van der Waals surface area (Å²) in [5, 5.41) is 2.12. The summed E-state index contributed by atoms with van der Waals surface area (Å²) >= 11 is 7.10. The number of hydrazine groups is 1.